The molecule has 5 heteroatoms. The Labute approximate surface area is 196 Å². The summed E-state index contributed by atoms with van der Waals surface area (Å²) in [5.41, 5.74) is 7.81. The maximum atomic E-state index is 4.94. The van der Waals surface area contributed by atoms with Crippen molar-refractivity contribution in [1.82, 2.24) is 0 Å². The first-order valence-electron chi connectivity index (χ1n) is 10.1. The second-order valence-corrected chi connectivity index (χ2v) is 9.27. The summed E-state index contributed by atoms with van der Waals surface area (Å²) in [6.45, 7) is 18.1. The number of nitrogens with zero attached hydrogens (tertiary/aromatic N) is 2. The van der Waals surface area contributed by atoms with Gasteiger partial charge in [0.1, 0.15) is 0 Å². The molecule has 0 saturated heterocycles. The van der Waals surface area contributed by atoms with Gasteiger partial charge < -0.3 is 24.8 Å². The van der Waals surface area contributed by atoms with Gasteiger partial charge in [0.05, 0.1) is 0 Å². The van der Waals surface area contributed by atoms with E-state index in [-0.39, 0.29) is 39.6 Å². The molecule has 0 atom stereocenters. The van der Waals surface area contributed by atoms with Crippen molar-refractivity contribution in [2.24, 2.45) is 7.86 Å². The van der Waals surface area contributed by atoms with Crippen LogP contribution in [0.25, 0.3) is 0 Å². The van der Waals surface area contributed by atoms with E-state index in [1.54, 1.807) is 0 Å². The van der Waals surface area contributed by atoms with Gasteiger partial charge in [-0.1, -0.05) is 0 Å². The van der Waals surface area contributed by atoms with Gasteiger partial charge in [0.25, 0.3) is 0 Å². The third-order valence-corrected chi connectivity index (χ3v) is 5.78. The Bertz CT molecular complexity index is 784. The van der Waals surface area contributed by atoms with E-state index in [0.717, 1.165) is 11.4 Å². The van der Waals surface area contributed by atoms with Crippen molar-refractivity contribution in [1.29, 1.82) is 0 Å². The van der Waals surface area contributed by atoms with Crippen LogP contribution in [0.5, 0.6) is 0 Å². The number of halogens is 2. The van der Waals surface area contributed by atoms with Crippen LogP contribution in [0.4, 0.5) is 11.4 Å². The van der Waals surface area contributed by atoms with Crippen molar-refractivity contribution < 1.29 is 39.6 Å². The van der Waals surface area contributed by atoms with Crippen LogP contribution in [-0.2, 0) is 14.8 Å². The summed E-state index contributed by atoms with van der Waals surface area (Å²) < 4.78 is 9.87. The fourth-order valence-corrected chi connectivity index (χ4v) is 4.51. The van der Waals surface area contributed by atoms with Crippen LogP contribution in [0, 0.1) is 0 Å². The molecule has 0 fully saturated rings. The number of hydrogen-bond donors (Lipinski definition) is 0. The minimum absolute atomic E-state index is 0. The second-order valence-electron chi connectivity index (χ2n) is 8.44. The Morgan fingerprint density at radius 1 is 0.552 bits per heavy atom. The van der Waals surface area contributed by atoms with Gasteiger partial charge in [0, 0.05) is 0 Å². The van der Waals surface area contributed by atoms with Gasteiger partial charge >= 0.3 is 172 Å². The van der Waals surface area contributed by atoms with E-state index in [2.05, 4.69) is 91.8 Å². The standard InChI is InChI=1S/2C12H17N.2ClH.Cr/c2*1-8(2)10-6-5-7-11(13)12(10)9(3)4;;;/h2*5-9H,1-4H3;2*1H;/q;;;;+2/p-2. The fraction of sp³-hybridized carbons (Fsp3) is 0.500. The van der Waals surface area contributed by atoms with E-state index in [4.69, 9.17) is 7.86 Å². The zero-order valence-electron chi connectivity index (χ0n) is 18.8. The Balaban J connectivity index is 0.00000392. The number of benzene rings is 2. The van der Waals surface area contributed by atoms with Gasteiger partial charge in [0.2, 0.25) is 0 Å². The van der Waals surface area contributed by atoms with Crippen molar-refractivity contribution in [3.8, 4) is 0 Å². The molecule has 2 nitrogen and oxygen atoms in total. The Morgan fingerprint density at radius 3 is 1.17 bits per heavy atom. The molecule has 160 valence electrons. The average molecular weight is 473 g/mol. The molecule has 0 spiro atoms. The first-order valence-corrected chi connectivity index (χ1v) is 11.2. The molecular weight excluding hydrogens is 439 g/mol. The van der Waals surface area contributed by atoms with Crippen LogP contribution in [0.1, 0.15) is 101 Å². The summed E-state index contributed by atoms with van der Waals surface area (Å²) in [5, 5.41) is 0. The summed E-state index contributed by atoms with van der Waals surface area (Å²) in [5.74, 6) is 1.96. The third-order valence-electron chi connectivity index (χ3n) is 4.91. The summed E-state index contributed by atoms with van der Waals surface area (Å²) >= 11 is -0.154. The van der Waals surface area contributed by atoms with E-state index in [1.807, 2.05) is 0 Å². The largest absolute Gasteiger partial charge is 1.00 e. The molecule has 0 heterocycles. The molecule has 2 aromatic carbocycles. The molecule has 0 aliphatic rings. The van der Waals surface area contributed by atoms with E-state index >= 15 is 0 Å². The van der Waals surface area contributed by atoms with Crippen LogP contribution in [0.15, 0.2) is 44.3 Å². The topological polar surface area (TPSA) is 24.7 Å². The van der Waals surface area contributed by atoms with Gasteiger partial charge in [-0.2, -0.15) is 0 Å². The third kappa shape index (κ3) is 7.11. The van der Waals surface area contributed by atoms with Gasteiger partial charge in [-0.15, -0.1) is 0 Å². The van der Waals surface area contributed by atoms with Crippen molar-refractivity contribution >= 4 is 11.4 Å². The van der Waals surface area contributed by atoms with Gasteiger partial charge in [-0.05, 0) is 0 Å². The molecule has 0 aliphatic heterocycles. The van der Waals surface area contributed by atoms with Gasteiger partial charge in [-0.3, -0.25) is 0 Å². The van der Waals surface area contributed by atoms with Crippen molar-refractivity contribution in [3.63, 3.8) is 0 Å². The minimum atomic E-state index is -0.154. The van der Waals surface area contributed by atoms with Crippen molar-refractivity contribution in [3.05, 3.63) is 58.7 Å². The van der Waals surface area contributed by atoms with Gasteiger partial charge in [-0.25, -0.2) is 0 Å². The zero-order valence-corrected chi connectivity index (χ0v) is 21.6. The van der Waals surface area contributed by atoms with E-state index in [9.17, 15) is 0 Å². The van der Waals surface area contributed by atoms with E-state index in [1.165, 1.54) is 22.3 Å². The molecule has 2 rings (SSSR count). The number of hydrogen-bond acceptors (Lipinski definition) is 2. The van der Waals surface area contributed by atoms with E-state index in [0.29, 0.717) is 23.7 Å². The van der Waals surface area contributed by atoms with Crippen LogP contribution in [0.2, 0.25) is 0 Å². The SMILES string of the molecule is CC(C)c1cccc([N]=[Cr+2]=[N]c2cccc(C(C)C)c2C(C)C)c1C(C)C.[Cl-].[Cl-]. The molecule has 0 unspecified atom stereocenters. The van der Waals surface area contributed by atoms with Crippen LogP contribution in [-0.4, -0.2) is 0 Å². The summed E-state index contributed by atoms with van der Waals surface area (Å²) in [7, 11) is 0. The maximum absolute atomic E-state index is 4.94. The van der Waals surface area contributed by atoms with Gasteiger partial charge in [0.15, 0.2) is 0 Å². The summed E-state index contributed by atoms with van der Waals surface area (Å²) in [4.78, 5) is 0. The first-order chi connectivity index (χ1) is 12.7. The smallest absolute Gasteiger partial charge is 1.00 e. The zero-order chi connectivity index (χ0) is 20.1. The molecule has 0 N–H and O–H groups in total. The molecule has 0 bridgehead atoms. The minimum Gasteiger partial charge on any atom is -1.00 e. The van der Waals surface area contributed by atoms with E-state index < -0.39 is 0 Å². The molecule has 0 radical (unpaired) electrons. The molecular formula is C24H34Cl2CrN2. The maximum Gasteiger partial charge on any atom is -1.00 e. The van der Waals surface area contributed by atoms with Crippen molar-refractivity contribution in [2.75, 3.05) is 0 Å². The average Bonchev–Trinajstić information content (AvgIpc) is 2.60. The molecule has 0 aromatic heterocycles. The monoisotopic (exact) mass is 472 g/mol. The normalized spacial score (nSPS) is 10.6. The predicted octanol–water partition coefficient (Wildman–Crippen LogP) is 2.60. The molecule has 2 aromatic rings. The summed E-state index contributed by atoms with van der Waals surface area (Å²) in [6, 6.07) is 13.0. The van der Waals surface area contributed by atoms with Crippen LogP contribution >= 0.6 is 0 Å². The Morgan fingerprint density at radius 2 is 0.897 bits per heavy atom. The molecule has 0 aliphatic carbocycles. The second kappa shape index (κ2) is 12.8. The Kier molecular flexibility index (Phi) is 12.4. The van der Waals surface area contributed by atoms with Crippen LogP contribution < -0.4 is 24.8 Å². The quantitative estimate of drug-likeness (QED) is 0.617. The first kappa shape index (κ1) is 28.2. The molecule has 29 heavy (non-hydrogen) atoms. The number of rotatable bonds is 6. The Hall–Kier alpha value is -0.848. The summed E-state index contributed by atoms with van der Waals surface area (Å²) in [6.07, 6.45) is 0. The molecule has 0 amide bonds. The van der Waals surface area contributed by atoms with Crippen molar-refractivity contribution in [2.45, 2.75) is 79.1 Å². The molecule has 0 saturated carbocycles. The fourth-order valence-electron chi connectivity index (χ4n) is 3.67. The van der Waals surface area contributed by atoms with Crippen LogP contribution in [0.3, 0.4) is 0 Å². The predicted molar refractivity (Wildman–Crippen MR) is 113 cm³/mol.